The summed E-state index contributed by atoms with van der Waals surface area (Å²) in [4.78, 5) is 10.7. The number of rotatable bonds is 5. The van der Waals surface area contributed by atoms with Gasteiger partial charge in [-0.25, -0.2) is 0 Å². The van der Waals surface area contributed by atoms with Gasteiger partial charge in [-0.1, -0.05) is 42.5 Å². The van der Waals surface area contributed by atoms with E-state index in [0.29, 0.717) is 11.1 Å². The Morgan fingerprint density at radius 2 is 1.87 bits per heavy atom. The number of hydrogen-bond acceptors (Lipinski definition) is 2. The Kier molecular flexibility index (Phi) is 6.24. The van der Waals surface area contributed by atoms with Crippen LogP contribution in [-0.4, -0.2) is 11.1 Å². The van der Waals surface area contributed by atoms with E-state index in [-0.39, 0.29) is 30.0 Å². The number of aryl methyl sites for hydroxylation is 1. The van der Waals surface area contributed by atoms with Gasteiger partial charge in [0.1, 0.15) is 0 Å². The largest absolute Gasteiger partial charge is 0.481 e. The maximum Gasteiger partial charge on any atom is 0.305 e. The van der Waals surface area contributed by atoms with Gasteiger partial charge in [0, 0.05) is 17.2 Å². The Morgan fingerprint density at radius 3 is 2.48 bits per heavy atom. The molecule has 0 bridgehead atoms. The number of carboxylic acids is 1. The van der Waals surface area contributed by atoms with E-state index in [0.717, 1.165) is 0 Å². The highest BCUT2D eigenvalue weighted by atomic mass is 35.5. The van der Waals surface area contributed by atoms with E-state index in [1.54, 1.807) is 31.2 Å². The van der Waals surface area contributed by atoms with Crippen LogP contribution in [0.2, 0.25) is 0 Å². The molecule has 2 aromatic rings. The van der Waals surface area contributed by atoms with E-state index in [1.165, 1.54) is 24.3 Å². The van der Waals surface area contributed by atoms with E-state index in [1.807, 2.05) is 0 Å². The van der Waals surface area contributed by atoms with Crippen molar-refractivity contribution in [3.05, 3.63) is 70.8 Å². The van der Waals surface area contributed by atoms with Crippen molar-refractivity contribution in [1.29, 1.82) is 0 Å². The van der Waals surface area contributed by atoms with Crippen LogP contribution in [0.3, 0.4) is 0 Å². The first-order chi connectivity index (χ1) is 10.3. The average Bonchev–Trinajstić information content (AvgIpc) is 2.47. The molecule has 3 N–H and O–H groups in total. The number of alkyl halides is 2. The van der Waals surface area contributed by atoms with Gasteiger partial charge in [0.2, 0.25) is 0 Å². The molecule has 1 atom stereocenters. The second kappa shape index (κ2) is 7.53. The Labute approximate surface area is 139 Å². The highest BCUT2D eigenvalue weighted by Crippen LogP contribution is 2.38. The molecule has 0 radical (unpaired) electrons. The molecule has 0 unspecified atom stereocenters. The van der Waals surface area contributed by atoms with Crippen LogP contribution in [0.4, 0.5) is 8.78 Å². The van der Waals surface area contributed by atoms with Gasteiger partial charge in [0.15, 0.2) is 0 Å². The standard InChI is InChI=1S/C17H17F2NO2.ClH/c1-11-5-2-3-8-14(11)17(18,19)13-7-4-6-12(9-13)15(20)10-16(21)22;/h2-9,15H,10,20H2,1H3,(H,21,22);1H/t15-;/m1./s1. The van der Waals surface area contributed by atoms with Crippen LogP contribution in [0.1, 0.15) is 34.7 Å². The molecule has 0 saturated carbocycles. The molecule has 3 nitrogen and oxygen atoms in total. The molecule has 0 saturated heterocycles. The molecular formula is C17H18ClF2NO2. The number of carbonyl (C=O) groups is 1. The van der Waals surface area contributed by atoms with Crippen LogP contribution < -0.4 is 5.73 Å². The molecule has 0 amide bonds. The quantitative estimate of drug-likeness (QED) is 0.863. The van der Waals surface area contributed by atoms with E-state index in [2.05, 4.69) is 0 Å². The number of halogens is 3. The third kappa shape index (κ3) is 4.27. The molecule has 0 aliphatic heterocycles. The van der Waals surface area contributed by atoms with Crippen molar-refractivity contribution >= 4 is 18.4 Å². The van der Waals surface area contributed by atoms with Gasteiger partial charge in [0.25, 0.3) is 5.92 Å². The topological polar surface area (TPSA) is 63.3 Å². The first-order valence-corrected chi connectivity index (χ1v) is 6.84. The van der Waals surface area contributed by atoms with Gasteiger partial charge in [-0.05, 0) is 24.1 Å². The fourth-order valence-electron chi connectivity index (χ4n) is 2.35. The van der Waals surface area contributed by atoms with Crippen molar-refractivity contribution in [2.75, 3.05) is 0 Å². The maximum atomic E-state index is 14.7. The number of nitrogens with two attached hydrogens (primary N) is 1. The zero-order chi connectivity index (χ0) is 16.3. The molecule has 0 aliphatic rings. The zero-order valence-electron chi connectivity index (χ0n) is 12.5. The summed E-state index contributed by atoms with van der Waals surface area (Å²) in [6.45, 7) is 1.63. The molecule has 2 rings (SSSR count). The number of aliphatic carboxylic acids is 1. The summed E-state index contributed by atoms with van der Waals surface area (Å²) in [6, 6.07) is 11.1. The van der Waals surface area contributed by atoms with E-state index >= 15 is 0 Å². The van der Waals surface area contributed by atoms with Crippen molar-refractivity contribution in [2.24, 2.45) is 5.73 Å². The number of hydrogen-bond donors (Lipinski definition) is 2. The van der Waals surface area contributed by atoms with Crippen LogP contribution in [0.5, 0.6) is 0 Å². The van der Waals surface area contributed by atoms with Gasteiger partial charge in [0.05, 0.1) is 6.42 Å². The molecule has 124 valence electrons. The minimum Gasteiger partial charge on any atom is -0.481 e. The lowest BCUT2D eigenvalue weighted by Crippen LogP contribution is -2.19. The molecule has 2 aromatic carbocycles. The first-order valence-electron chi connectivity index (χ1n) is 6.84. The lowest BCUT2D eigenvalue weighted by Gasteiger charge is -2.21. The highest BCUT2D eigenvalue weighted by molar-refractivity contribution is 5.85. The molecule has 0 heterocycles. The smallest absolute Gasteiger partial charge is 0.305 e. The fraction of sp³-hybridized carbons (Fsp3) is 0.235. The van der Waals surface area contributed by atoms with E-state index in [4.69, 9.17) is 10.8 Å². The third-order valence-corrected chi connectivity index (χ3v) is 3.56. The molecule has 6 heteroatoms. The second-order valence-electron chi connectivity index (χ2n) is 5.22. The lowest BCUT2D eigenvalue weighted by atomic mass is 9.93. The Balaban J connectivity index is 0.00000264. The fourth-order valence-corrected chi connectivity index (χ4v) is 2.35. The van der Waals surface area contributed by atoms with Crippen molar-refractivity contribution in [2.45, 2.75) is 25.3 Å². The van der Waals surface area contributed by atoms with Crippen LogP contribution in [0, 0.1) is 6.92 Å². The molecule has 0 fully saturated rings. The SMILES string of the molecule is Cc1ccccc1C(F)(F)c1cccc([C@H](N)CC(=O)O)c1.Cl. The van der Waals surface area contributed by atoms with E-state index < -0.39 is 17.9 Å². The van der Waals surface area contributed by atoms with Gasteiger partial charge < -0.3 is 10.8 Å². The molecular weight excluding hydrogens is 324 g/mol. The van der Waals surface area contributed by atoms with Crippen molar-refractivity contribution < 1.29 is 18.7 Å². The maximum absolute atomic E-state index is 14.7. The monoisotopic (exact) mass is 341 g/mol. The zero-order valence-corrected chi connectivity index (χ0v) is 13.3. The van der Waals surface area contributed by atoms with Crippen molar-refractivity contribution in [3.8, 4) is 0 Å². The van der Waals surface area contributed by atoms with Crippen LogP contribution in [0.25, 0.3) is 0 Å². The highest BCUT2D eigenvalue weighted by Gasteiger charge is 2.35. The average molecular weight is 342 g/mol. The third-order valence-electron chi connectivity index (χ3n) is 3.56. The molecule has 0 aromatic heterocycles. The van der Waals surface area contributed by atoms with E-state index in [9.17, 15) is 13.6 Å². The van der Waals surface area contributed by atoms with Crippen molar-refractivity contribution in [1.82, 2.24) is 0 Å². The second-order valence-corrected chi connectivity index (χ2v) is 5.22. The minimum atomic E-state index is -3.16. The predicted molar refractivity (Wildman–Crippen MR) is 87.0 cm³/mol. The van der Waals surface area contributed by atoms with Gasteiger partial charge in [-0.15, -0.1) is 12.4 Å². The summed E-state index contributed by atoms with van der Waals surface area (Å²) in [5.74, 6) is -4.23. The summed E-state index contributed by atoms with van der Waals surface area (Å²) >= 11 is 0. The van der Waals surface area contributed by atoms with Crippen LogP contribution in [0.15, 0.2) is 48.5 Å². The summed E-state index contributed by atoms with van der Waals surface area (Å²) in [6.07, 6.45) is -0.306. The summed E-state index contributed by atoms with van der Waals surface area (Å²) in [5.41, 5.74) is 6.36. The van der Waals surface area contributed by atoms with Crippen LogP contribution in [-0.2, 0) is 10.7 Å². The number of benzene rings is 2. The molecule has 0 spiro atoms. The van der Waals surface area contributed by atoms with Gasteiger partial charge in [-0.2, -0.15) is 8.78 Å². The molecule has 23 heavy (non-hydrogen) atoms. The summed E-state index contributed by atoms with van der Waals surface area (Å²) < 4.78 is 29.4. The molecule has 0 aliphatic carbocycles. The lowest BCUT2D eigenvalue weighted by molar-refractivity contribution is -0.137. The summed E-state index contributed by atoms with van der Waals surface area (Å²) in [5, 5.41) is 8.76. The van der Waals surface area contributed by atoms with Gasteiger partial charge >= 0.3 is 5.97 Å². The number of carboxylic acid groups (broad SMARTS) is 1. The van der Waals surface area contributed by atoms with Crippen molar-refractivity contribution in [3.63, 3.8) is 0 Å². The Morgan fingerprint density at radius 1 is 1.22 bits per heavy atom. The Bertz CT molecular complexity index is 692. The Hall–Kier alpha value is -1.98. The van der Waals surface area contributed by atoms with Crippen LogP contribution >= 0.6 is 12.4 Å². The first kappa shape index (κ1) is 19.1. The predicted octanol–water partition coefficient (Wildman–Crippen LogP) is 4.03. The summed E-state index contributed by atoms with van der Waals surface area (Å²) in [7, 11) is 0. The normalized spacial score (nSPS) is 12.3. The minimum absolute atomic E-state index is 0. The van der Waals surface area contributed by atoms with Gasteiger partial charge in [-0.3, -0.25) is 4.79 Å².